The molecule has 0 amide bonds. The van der Waals surface area contributed by atoms with Gasteiger partial charge >= 0.3 is 0 Å². The second-order valence-electron chi connectivity index (χ2n) is 3.60. The number of aliphatic hydroxyl groups is 1. The number of anilines is 3. The molecule has 94 valence electrons. The quantitative estimate of drug-likeness (QED) is 0.838. The van der Waals surface area contributed by atoms with E-state index in [1.165, 1.54) is 12.1 Å². The van der Waals surface area contributed by atoms with E-state index in [1.54, 1.807) is 24.1 Å². The highest BCUT2D eigenvalue weighted by Crippen LogP contribution is 2.20. The van der Waals surface area contributed by atoms with Crippen LogP contribution in [0.25, 0.3) is 0 Å². The monoisotopic (exact) mass is 249 g/mol. The predicted molar refractivity (Wildman–Crippen MR) is 64.6 cm³/mol. The molecule has 0 saturated heterocycles. The average Bonchev–Trinajstić information content (AvgIpc) is 2.38. The first-order valence-electron chi connectivity index (χ1n) is 5.20. The van der Waals surface area contributed by atoms with E-state index in [0.29, 0.717) is 5.69 Å². The maximum Gasteiger partial charge on any atom is 0.234 e. The average molecular weight is 249 g/mol. The normalized spacial score (nSPS) is 10.4. The van der Waals surface area contributed by atoms with Crippen LogP contribution in [0.15, 0.2) is 24.3 Å². The summed E-state index contributed by atoms with van der Waals surface area (Å²) in [6.45, 7) is -0.322. The second-order valence-corrected chi connectivity index (χ2v) is 3.60. The van der Waals surface area contributed by atoms with Crippen molar-refractivity contribution < 1.29 is 9.50 Å². The third-order valence-electron chi connectivity index (χ3n) is 2.34. The molecule has 1 heterocycles. The zero-order chi connectivity index (χ0) is 13.1. The maximum atomic E-state index is 12.8. The van der Waals surface area contributed by atoms with E-state index in [0.717, 1.165) is 0 Å². The molecular weight excluding hydrogens is 237 g/mol. The van der Waals surface area contributed by atoms with E-state index in [9.17, 15) is 4.39 Å². The van der Waals surface area contributed by atoms with Gasteiger partial charge in [-0.3, -0.25) is 0 Å². The summed E-state index contributed by atoms with van der Waals surface area (Å²) in [5.74, 6) is 0.181. The highest BCUT2D eigenvalue weighted by Gasteiger charge is 2.10. The van der Waals surface area contributed by atoms with Gasteiger partial charge in [-0.15, -0.1) is 0 Å². The molecule has 2 rings (SSSR count). The van der Waals surface area contributed by atoms with Gasteiger partial charge in [0.25, 0.3) is 0 Å². The molecule has 2 aromatic rings. The minimum Gasteiger partial charge on any atom is -0.388 e. The van der Waals surface area contributed by atoms with Gasteiger partial charge in [-0.1, -0.05) is 0 Å². The number of nitrogens with two attached hydrogens (primary N) is 1. The van der Waals surface area contributed by atoms with Crippen molar-refractivity contribution in [2.24, 2.45) is 0 Å². The fraction of sp³-hybridized carbons (Fsp3) is 0.182. The topological polar surface area (TPSA) is 88.2 Å². The van der Waals surface area contributed by atoms with Crippen molar-refractivity contribution in [1.29, 1.82) is 0 Å². The summed E-state index contributed by atoms with van der Waals surface area (Å²) in [6, 6.07) is 5.86. The van der Waals surface area contributed by atoms with Crippen molar-refractivity contribution in [3.63, 3.8) is 0 Å². The van der Waals surface area contributed by atoms with E-state index in [4.69, 9.17) is 10.8 Å². The summed E-state index contributed by atoms with van der Waals surface area (Å²) in [4.78, 5) is 13.4. The molecule has 1 aromatic heterocycles. The van der Waals surface area contributed by atoms with E-state index >= 15 is 0 Å². The molecule has 7 heteroatoms. The van der Waals surface area contributed by atoms with Crippen LogP contribution in [0.1, 0.15) is 5.82 Å². The van der Waals surface area contributed by atoms with Crippen molar-refractivity contribution in [2.75, 3.05) is 17.7 Å². The number of rotatable bonds is 3. The molecule has 3 N–H and O–H groups in total. The van der Waals surface area contributed by atoms with Crippen LogP contribution < -0.4 is 10.6 Å². The number of hydrogen-bond acceptors (Lipinski definition) is 6. The smallest absolute Gasteiger partial charge is 0.234 e. The summed E-state index contributed by atoms with van der Waals surface area (Å²) in [6.07, 6.45) is 0. The Morgan fingerprint density at radius 3 is 2.50 bits per heavy atom. The molecule has 18 heavy (non-hydrogen) atoms. The molecule has 0 aliphatic rings. The van der Waals surface area contributed by atoms with Gasteiger partial charge in [-0.25, -0.2) is 4.39 Å². The Bertz CT molecular complexity index is 546. The maximum absolute atomic E-state index is 12.8. The van der Waals surface area contributed by atoms with Gasteiger partial charge in [0.2, 0.25) is 11.9 Å². The number of nitrogens with zero attached hydrogens (tertiary/aromatic N) is 4. The first kappa shape index (κ1) is 12.2. The number of halogens is 1. The highest BCUT2D eigenvalue weighted by molar-refractivity contribution is 5.56. The molecule has 0 bridgehead atoms. The van der Waals surface area contributed by atoms with Crippen LogP contribution in [0.2, 0.25) is 0 Å². The molecule has 0 spiro atoms. The van der Waals surface area contributed by atoms with Crippen LogP contribution in [0.3, 0.4) is 0 Å². The lowest BCUT2D eigenvalue weighted by Gasteiger charge is -2.17. The number of aromatic nitrogens is 3. The first-order valence-corrected chi connectivity index (χ1v) is 5.20. The molecule has 6 nitrogen and oxygen atoms in total. The summed E-state index contributed by atoms with van der Waals surface area (Å²) in [5.41, 5.74) is 6.21. The Balaban J connectivity index is 2.35. The molecule has 0 aliphatic heterocycles. The van der Waals surface area contributed by atoms with Crippen LogP contribution >= 0.6 is 0 Å². The summed E-state index contributed by atoms with van der Waals surface area (Å²) >= 11 is 0. The molecule has 0 fully saturated rings. The standard InChI is InChI=1S/C11H12FN5O/c1-17(8-4-2-7(12)3-5-8)11-15-9(6-18)14-10(13)16-11/h2-5,18H,6H2,1H3,(H2,13,14,15,16). The molecule has 0 unspecified atom stereocenters. The van der Waals surface area contributed by atoms with Gasteiger partial charge in [-0.05, 0) is 24.3 Å². The fourth-order valence-electron chi connectivity index (χ4n) is 1.43. The zero-order valence-corrected chi connectivity index (χ0v) is 9.71. The lowest BCUT2D eigenvalue weighted by Crippen LogP contribution is -2.16. The number of hydrogen-bond donors (Lipinski definition) is 2. The van der Waals surface area contributed by atoms with Crippen molar-refractivity contribution in [3.05, 3.63) is 35.9 Å². The molecular formula is C11H12FN5O. The number of benzene rings is 1. The van der Waals surface area contributed by atoms with Gasteiger partial charge in [0.1, 0.15) is 12.4 Å². The summed E-state index contributed by atoms with van der Waals surface area (Å²) < 4.78 is 12.8. The van der Waals surface area contributed by atoms with Gasteiger partial charge < -0.3 is 15.7 Å². The summed E-state index contributed by atoms with van der Waals surface area (Å²) in [7, 11) is 1.71. The lowest BCUT2D eigenvalue weighted by atomic mass is 10.3. The highest BCUT2D eigenvalue weighted by atomic mass is 19.1. The van der Waals surface area contributed by atoms with Crippen molar-refractivity contribution in [1.82, 2.24) is 15.0 Å². The molecule has 0 saturated carbocycles. The molecule has 0 atom stereocenters. The largest absolute Gasteiger partial charge is 0.388 e. The Hall–Kier alpha value is -2.28. The Morgan fingerprint density at radius 1 is 1.22 bits per heavy atom. The van der Waals surface area contributed by atoms with Crippen molar-refractivity contribution >= 4 is 17.6 Å². The lowest BCUT2D eigenvalue weighted by molar-refractivity contribution is 0.271. The van der Waals surface area contributed by atoms with Crippen LogP contribution in [0.5, 0.6) is 0 Å². The predicted octanol–water partition coefficient (Wildman–Crippen LogP) is 0.853. The van der Waals surface area contributed by atoms with E-state index in [-0.39, 0.29) is 30.1 Å². The SMILES string of the molecule is CN(c1ccc(F)cc1)c1nc(N)nc(CO)n1. The van der Waals surface area contributed by atoms with Crippen LogP contribution in [0.4, 0.5) is 22.0 Å². The van der Waals surface area contributed by atoms with Gasteiger partial charge in [0, 0.05) is 12.7 Å². The Kier molecular flexibility index (Phi) is 3.33. The van der Waals surface area contributed by atoms with E-state index < -0.39 is 0 Å². The van der Waals surface area contributed by atoms with Crippen LogP contribution in [-0.2, 0) is 6.61 Å². The first-order chi connectivity index (χ1) is 8.60. The minimum atomic E-state index is -0.322. The minimum absolute atomic E-state index is 0.0259. The van der Waals surface area contributed by atoms with Crippen LogP contribution in [0, 0.1) is 5.82 Å². The number of aliphatic hydroxyl groups excluding tert-OH is 1. The second kappa shape index (κ2) is 4.92. The third kappa shape index (κ3) is 2.51. The van der Waals surface area contributed by atoms with Gasteiger partial charge in [0.05, 0.1) is 0 Å². The van der Waals surface area contributed by atoms with Gasteiger partial charge in [0.15, 0.2) is 5.82 Å². The Labute approximate surface area is 103 Å². The van der Waals surface area contributed by atoms with Gasteiger partial charge in [-0.2, -0.15) is 15.0 Å². The molecule has 0 radical (unpaired) electrons. The molecule has 0 aliphatic carbocycles. The van der Waals surface area contributed by atoms with Crippen molar-refractivity contribution in [3.8, 4) is 0 Å². The molecule has 1 aromatic carbocycles. The fourth-order valence-corrected chi connectivity index (χ4v) is 1.43. The van der Waals surface area contributed by atoms with Crippen LogP contribution in [-0.4, -0.2) is 27.1 Å². The summed E-state index contributed by atoms with van der Waals surface area (Å²) in [5, 5.41) is 9.00. The Morgan fingerprint density at radius 2 is 1.89 bits per heavy atom. The number of nitrogen functional groups attached to an aromatic ring is 1. The van der Waals surface area contributed by atoms with Crippen molar-refractivity contribution in [2.45, 2.75) is 6.61 Å². The zero-order valence-electron chi connectivity index (χ0n) is 9.71. The third-order valence-corrected chi connectivity index (χ3v) is 2.34. The van der Waals surface area contributed by atoms with E-state index in [1.807, 2.05) is 0 Å². The van der Waals surface area contributed by atoms with E-state index in [2.05, 4.69) is 15.0 Å².